The van der Waals surface area contributed by atoms with Gasteiger partial charge in [-0.05, 0) is 12.5 Å². The minimum atomic E-state index is -0.424. The fourth-order valence-electron chi connectivity index (χ4n) is 1.77. The summed E-state index contributed by atoms with van der Waals surface area (Å²) in [6.07, 6.45) is 1.57. The Labute approximate surface area is 117 Å². The monoisotopic (exact) mass is 275 g/mol. The largest absolute Gasteiger partial charge is 0.444 e. The van der Waals surface area contributed by atoms with Crippen LogP contribution in [0.2, 0.25) is 0 Å². The molecule has 0 radical (unpaired) electrons. The molecule has 1 aromatic heterocycles. The van der Waals surface area contributed by atoms with Crippen molar-refractivity contribution in [1.29, 1.82) is 0 Å². The quantitative estimate of drug-likeness (QED) is 0.670. The maximum atomic E-state index is 10.8. The van der Waals surface area contributed by atoms with E-state index in [0.717, 1.165) is 11.3 Å². The average molecular weight is 275 g/mol. The van der Waals surface area contributed by atoms with Crippen LogP contribution < -0.4 is 5.32 Å². The summed E-state index contributed by atoms with van der Waals surface area (Å²) >= 11 is 0. The van der Waals surface area contributed by atoms with Gasteiger partial charge in [0.1, 0.15) is 6.26 Å². The van der Waals surface area contributed by atoms with Crippen molar-refractivity contribution in [3.63, 3.8) is 0 Å². The van der Waals surface area contributed by atoms with Gasteiger partial charge in [-0.1, -0.05) is 19.9 Å². The Kier molecular flexibility index (Phi) is 4.14. The lowest BCUT2D eigenvalue weighted by Gasteiger charge is -2.04. The van der Waals surface area contributed by atoms with Gasteiger partial charge in [-0.3, -0.25) is 10.1 Å². The summed E-state index contributed by atoms with van der Waals surface area (Å²) in [6.45, 7) is 6.57. The molecule has 0 fully saturated rings. The molecule has 0 unspecified atom stereocenters. The number of aromatic nitrogens is 1. The first kappa shape index (κ1) is 14.2. The van der Waals surface area contributed by atoms with E-state index in [-0.39, 0.29) is 5.69 Å². The highest BCUT2D eigenvalue weighted by Gasteiger charge is 2.14. The maximum Gasteiger partial charge on any atom is 0.270 e. The van der Waals surface area contributed by atoms with Crippen molar-refractivity contribution in [2.45, 2.75) is 33.4 Å². The first-order valence-electron chi connectivity index (χ1n) is 6.40. The lowest BCUT2D eigenvalue weighted by Crippen LogP contribution is -2.21. The molecule has 2 rings (SSSR count). The van der Waals surface area contributed by atoms with Gasteiger partial charge < -0.3 is 9.73 Å². The molecule has 0 bridgehead atoms. The van der Waals surface area contributed by atoms with Crippen LogP contribution in [-0.4, -0.2) is 15.9 Å². The van der Waals surface area contributed by atoms with Gasteiger partial charge >= 0.3 is 0 Å². The van der Waals surface area contributed by atoms with E-state index in [4.69, 9.17) is 4.42 Å². The number of non-ortho nitro benzene ring substituents is 1. The third-order valence-corrected chi connectivity index (χ3v) is 2.91. The summed E-state index contributed by atoms with van der Waals surface area (Å²) in [5.74, 6) is 0.409. The second-order valence-electron chi connectivity index (χ2n) is 4.94. The van der Waals surface area contributed by atoms with Crippen molar-refractivity contribution in [2.75, 3.05) is 0 Å². The highest BCUT2D eigenvalue weighted by Crippen LogP contribution is 2.27. The topological polar surface area (TPSA) is 81.2 Å². The molecule has 0 spiro atoms. The summed E-state index contributed by atoms with van der Waals surface area (Å²) in [6, 6.07) is 5.02. The minimum Gasteiger partial charge on any atom is -0.444 e. The van der Waals surface area contributed by atoms with Crippen molar-refractivity contribution in [3.8, 4) is 11.5 Å². The van der Waals surface area contributed by atoms with E-state index in [1.165, 1.54) is 12.1 Å². The smallest absolute Gasteiger partial charge is 0.270 e. The molecule has 0 amide bonds. The number of nitrogens with zero attached hydrogens (tertiary/aromatic N) is 2. The molecular weight excluding hydrogens is 258 g/mol. The van der Waals surface area contributed by atoms with E-state index in [1.54, 1.807) is 12.3 Å². The van der Waals surface area contributed by atoms with E-state index in [0.29, 0.717) is 24.0 Å². The molecule has 0 saturated carbocycles. The van der Waals surface area contributed by atoms with Gasteiger partial charge in [0.15, 0.2) is 0 Å². The first-order chi connectivity index (χ1) is 9.47. The molecule has 0 aliphatic carbocycles. The lowest BCUT2D eigenvalue weighted by molar-refractivity contribution is -0.384. The summed E-state index contributed by atoms with van der Waals surface area (Å²) < 4.78 is 5.42. The van der Waals surface area contributed by atoms with Gasteiger partial charge in [-0.2, -0.15) is 0 Å². The lowest BCUT2D eigenvalue weighted by atomic mass is 10.1. The van der Waals surface area contributed by atoms with Crippen molar-refractivity contribution in [2.24, 2.45) is 0 Å². The predicted molar refractivity (Wildman–Crippen MR) is 75.3 cm³/mol. The van der Waals surface area contributed by atoms with Gasteiger partial charge in [0.2, 0.25) is 5.89 Å². The van der Waals surface area contributed by atoms with E-state index >= 15 is 0 Å². The Morgan fingerprint density at radius 3 is 2.85 bits per heavy atom. The number of nitro groups is 1. The second kappa shape index (κ2) is 5.83. The number of nitro benzene ring substituents is 1. The molecule has 0 aliphatic heterocycles. The summed E-state index contributed by atoms with van der Waals surface area (Å²) in [7, 11) is 0. The second-order valence-corrected chi connectivity index (χ2v) is 4.94. The van der Waals surface area contributed by atoms with Gasteiger partial charge in [-0.15, -0.1) is 0 Å². The van der Waals surface area contributed by atoms with E-state index < -0.39 is 4.92 Å². The van der Waals surface area contributed by atoms with Gasteiger partial charge in [0, 0.05) is 30.3 Å². The number of hydrogen-bond acceptors (Lipinski definition) is 5. The fourth-order valence-corrected chi connectivity index (χ4v) is 1.77. The maximum absolute atomic E-state index is 10.8. The number of benzene rings is 1. The van der Waals surface area contributed by atoms with Crippen LogP contribution in [-0.2, 0) is 6.54 Å². The van der Waals surface area contributed by atoms with Gasteiger partial charge in [0.25, 0.3) is 5.69 Å². The molecule has 6 heteroatoms. The molecule has 6 nitrogen and oxygen atoms in total. The van der Waals surface area contributed by atoms with Crippen LogP contribution in [0.25, 0.3) is 11.5 Å². The highest BCUT2D eigenvalue weighted by molar-refractivity contribution is 5.62. The third-order valence-electron chi connectivity index (χ3n) is 2.91. The molecule has 0 atom stereocenters. The molecule has 20 heavy (non-hydrogen) atoms. The summed E-state index contributed by atoms with van der Waals surface area (Å²) in [5.41, 5.74) is 2.35. The number of hydrogen-bond donors (Lipinski definition) is 1. The zero-order valence-corrected chi connectivity index (χ0v) is 11.7. The Bertz CT molecular complexity index is 620. The van der Waals surface area contributed by atoms with E-state index in [9.17, 15) is 10.1 Å². The number of aryl methyl sites for hydroxylation is 1. The van der Waals surface area contributed by atoms with E-state index in [2.05, 4.69) is 10.3 Å². The molecule has 106 valence electrons. The summed E-state index contributed by atoms with van der Waals surface area (Å²) in [4.78, 5) is 14.8. The van der Waals surface area contributed by atoms with Gasteiger partial charge in [0.05, 0.1) is 10.6 Å². The Hall–Kier alpha value is -2.21. The Morgan fingerprint density at radius 1 is 1.45 bits per heavy atom. The average Bonchev–Trinajstić information content (AvgIpc) is 2.85. The van der Waals surface area contributed by atoms with Crippen molar-refractivity contribution >= 4 is 5.69 Å². The summed E-state index contributed by atoms with van der Waals surface area (Å²) in [5, 5.41) is 14.1. The number of oxazole rings is 1. The van der Waals surface area contributed by atoms with Crippen molar-refractivity contribution in [3.05, 3.63) is 45.8 Å². The van der Waals surface area contributed by atoms with Crippen LogP contribution in [0.5, 0.6) is 0 Å². The normalized spacial score (nSPS) is 11.0. The van der Waals surface area contributed by atoms with Crippen LogP contribution in [0.4, 0.5) is 5.69 Å². The van der Waals surface area contributed by atoms with E-state index in [1.807, 2.05) is 20.8 Å². The molecule has 0 aliphatic rings. The van der Waals surface area contributed by atoms with Crippen LogP contribution >= 0.6 is 0 Å². The zero-order chi connectivity index (χ0) is 14.7. The van der Waals surface area contributed by atoms with Crippen LogP contribution in [0.3, 0.4) is 0 Å². The highest BCUT2D eigenvalue weighted by atomic mass is 16.6. The molecule has 0 saturated heterocycles. The van der Waals surface area contributed by atoms with Gasteiger partial charge in [-0.25, -0.2) is 4.98 Å². The van der Waals surface area contributed by atoms with Crippen LogP contribution in [0.1, 0.15) is 25.1 Å². The predicted octanol–water partition coefficient (Wildman–Crippen LogP) is 3.06. The van der Waals surface area contributed by atoms with Crippen LogP contribution in [0.15, 0.2) is 28.9 Å². The Morgan fingerprint density at radius 2 is 2.20 bits per heavy atom. The zero-order valence-electron chi connectivity index (χ0n) is 11.7. The van der Waals surface area contributed by atoms with Crippen molar-refractivity contribution < 1.29 is 9.34 Å². The molecular formula is C14H17N3O3. The first-order valence-corrected chi connectivity index (χ1v) is 6.40. The molecule has 1 aromatic carbocycles. The molecule has 1 heterocycles. The standard InChI is InChI=1S/C14H17N3O3/c1-9(2)15-7-11-8-20-14(16-11)13-6-12(17(18)19)5-4-10(13)3/h4-6,8-9,15H,7H2,1-3H3. The fraction of sp³-hybridized carbons (Fsp3) is 0.357. The molecule has 1 N–H and O–H groups in total. The minimum absolute atomic E-state index is 0.0330. The SMILES string of the molecule is Cc1ccc([N+](=O)[O-])cc1-c1nc(CNC(C)C)co1. The number of rotatable bonds is 5. The van der Waals surface area contributed by atoms with Crippen molar-refractivity contribution in [1.82, 2.24) is 10.3 Å². The molecule has 2 aromatic rings. The third kappa shape index (κ3) is 3.21. The van der Waals surface area contributed by atoms with Crippen LogP contribution in [0, 0.1) is 17.0 Å². The Balaban J connectivity index is 2.27. The number of nitrogens with one attached hydrogen (secondary N) is 1.